The van der Waals surface area contributed by atoms with Crippen LogP contribution in [-0.4, -0.2) is 32.2 Å². The van der Waals surface area contributed by atoms with E-state index in [-0.39, 0.29) is 6.42 Å². The molecular weight excluding hydrogens is 258 g/mol. The van der Waals surface area contributed by atoms with E-state index in [4.69, 9.17) is 16.3 Å². The molecule has 18 heavy (non-hydrogen) atoms. The number of rotatable bonds is 5. The van der Waals surface area contributed by atoms with Crippen molar-refractivity contribution in [3.63, 3.8) is 0 Å². The summed E-state index contributed by atoms with van der Waals surface area (Å²) in [4.78, 5) is 22.9. The van der Waals surface area contributed by atoms with Crippen molar-refractivity contribution in [3.05, 3.63) is 29.3 Å². The Morgan fingerprint density at radius 1 is 1.28 bits per heavy atom. The maximum absolute atomic E-state index is 11.8. The molecule has 0 aromatic heterocycles. The van der Waals surface area contributed by atoms with E-state index in [2.05, 4.69) is 10.1 Å². The molecule has 98 valence electrons. The Labute approximate surface area is 110 Å². The standard InChI is InChI=1S/C12H14ClNO4/c1-17-10(7-11(15)18-2)12(16)14-9-5-3-8(13)4-6-9/h3-6,10H,7H2,1-2H3,(H,14,16). The molecule has 0 saturated carbocycles. The lowest BCUT2D eigenvalue weighted by atomic mass is 10.2. The van der Waals surface area contributed by atoms with Crippen LogP contribution in [0.5, 0.6) is 0 Å². The summed E-state index contributed by atoms with van der Waals surface area (Å²) < 4.78 is 9.42. The van der Waals surface area contributed by atoms with E-state index in [9.17, 15) is 9.59 Å². The number of esters is 1. The molecular formula is C12H14ClNO4. The first-order valence-corrected chi connectivity index (χ1v) is 5.60. The maximum Gasteiger partial charge on any atom is 0.308 e. The normalized spacial score (nSPS) is 11.7. The first-order chi connectivity index (χ1) is 8.56. The lowest BCUT2D eigenvalue weighted by Crippen LogP contribution is -2.32. The van der Waals surface area contributed by atoms with Gasteiger partial charge in [0.1, 0.15) is 6.10 Å². The molecule has 0 aliphatic heterocycles. The molecule has 1 amide bonds. The predicted molar refractivity (Wildman–Crippen MR) is 67.5 cm³/mol. The largest absolute Gasteiger partial charge is 0.469 e. The second kappa shape index (κ2) is 6.98. The number of amides is 1. The van der Waals surface area contributed by atoms with Crippen LogP contribution in [0.4, 0.5) is 5.69 Å². The molecule has 1 rings (SSSR count). The van der Waals surface area contributed by atoms with Gasteiger partial charge in [-0.3, -0.25) is 9.59 Å². The van der Waals surface area contributed by atoms with Crippen molar-refractivity contribution in [1.82, 2.24) is 0 Å². The summed E-state index contributed by atoms with van der Waals surface area (Å²) in [7, 11) is 2.61. The van der Waals surface area contributed by atoms with Crippen LogP contribution in [0.3, 0.4) is 0 Å². The van der Waals surface area contributed by atoms with Crippen molar-refractivity contribution in [3.8, 4) is 0 Å². The van der Waals surface area contributed by atoms with Gasteiger partial charge in [-0.1, -0.05) is 11.6 Å². The summed E-state index contributed by atoms with van der Waals surface area (Å²) in [5.41, 5.74) is 0.580. The number of methoxy groups -OCH3 is 2. The van der Waals surface area contributed by atoms with Gasteiger partial charge in [-0.2, -0.15) is 0 Å². The summed E-state index contributed by atoms with van der Waals surface area (Å²) in [6.45, 7) is 0. The Kier molecular flexibility index (Phi) is 5.61. The lowest BCUT2D eigenvalue weighted by molar-refractivity contribution is -0.146. The van der Waals surface area contributed by atoms with Crippen LogP contribution in [0, 0.1) is 0 Å². The Morgan fingerprint density at radius 2 is 1.89 bits per heavy atom. The van der Waals surface area contributed by atoms with Crippen LogP contribution in [-0.2, 0) is 19.1 Å². The van der Waals surface area contributed by atoms with E-state index in [0.29, 0.717) is 10.7 Å². The van der Waals surface area contributed by atoms with Crippen LogP contribution < -0.4 is 5.32 Å². The number of hydrogen-bond acceptors (Lipinski definition) is 4. The van der Waals surface area contributed by atoms with Crippen molar-refractivity contribution in [2.75, 3.05) is 19.5 Å². The average Bonchev–Trinajstić information content (AvgIpc) is 2.38. The Hall–Kier alpha value is -1.59. The molecule has 0 bridgehead atoms. The van der Waals surface area contributed by atoms with Gasteiger partial charge in [-0.25, -0.2) is 0 Å². The fraction of sp³-hybridized carbons (Fsp3) is 0.333. The third-order valence-corrected chi connectivity index (χ3v) is 2.52. The molecule has 0 spiro atoms. The highest BCUT2D eigenvalue weighted by atomic mass is 35.5. The van der Waals surface area contributed by atoms with Gasteiger partial charge in [-0.15, -0.1) is 0 Å². The van der Waals surface area contributed by atoms with E-state index < -0.39 is 18.0 Å². The zero-order valence-corrected chi connectivity index (χ0v) is 10.9. The molecule has 0 saturated heterocycles. The SMILES string of the molecule is COC(=O)CC(OC)C(=O)Nc1ccc(Cl)cc1. The third kappa shape index (κ3) is 4.35. The first-order valence-electron chi connectivity index (χ1n) is 5.23. The van der Waals surface area contributed by atoms with Gasteiger partial charge in [-0.05, 0) is 24.3 Å². The number of nitrogens with one attached hydrogen (secondary N) is 1. The topological polar surface area (TPSA) is 64.6 Å². The number of carbonyl (C=O) groups excluding carboxylic acids is 2. The van der Waals surface area contributed by atoms with Gasteiger partial charge >= 0.3 is 5.97 Å². The minimum atomic E-state index is -0.881. The maximum atomic E-state index is 11.8. The van der Waals surface area contributed by atoms with Gasteiger partial charge < -0.3 is 14.8 Å². The fourth-order valence-corrected chi connectivity index (χ4v) is 1.40. The van der Waals surface area contributed by atoms with E-state index >= 15 is 0 Å². The van der Waals surface area contributed by atoms with Crippen molar-refractivity contribution in [2.24, 2.45) is 0 Å². The molecule has 1 aromatic carbocycles. The number of halogens is 1. The van der Waals surface area contributed by atoms with Crippen LogP contribution in [0.15, 0.2) is 24.3 Å². The lowest BCUT2D eigenvalue weighted by Gasteiger charge is -2.14. The highest BCUT2D eigenvalue weighted by molar-refractivity contribution is 6.30. The molecule has 5 nitrogen and oxygen atoms in total. The van der Waals surface area contributed by atoms with Crippen molar-refractivity contribution in [2.45, 2.75) is 12.5 Å². The average molecular weight is 272 g/mol. The predicted octanol–water partition coefficient (Wildman–Crippen LogP) is 1.86. The molecule has 1 aromatic rings. The van der Waals surface area contributed by atoms with Gasteiger partial charge in [0.2, 0.25) is 0 Å². The molecule has 0 aliphatic carbocycles. The Balaban J connectivity index is 2.62. The minimum Gasteiger partial charge on any atom is -0.469 e. The Bertz CT molecular complexity index is 419. The second-order valence-electron chi connectivity index (χ2n) is 3.50. The van der Waals surface area contributed by atoms with Crippen molar-refractivity contribution < 1.29 is 19.1 Å². The molecule has 1 N–H and O–H groups in total. The minimum absolute atomic E-state index is 0.133. The molecule has 1 unspecified atom stereocenters. The summed E-state index contributed by atoms with van der Waals surface area (Å²) >= 11 is 5.73. The van der Waals surface area contributed by atoms with E-state index in [0.717, 1.165) is 0 Å². The zero-order valence-electron chi connectivity index (χ0n) is 10.1. The smallest absolute Gasteiger partial charge is 0.308 e. The fourth-order valence-electron chi connectivity index (χ4n) is 1.27. The van der Waals surface area contributed by atoms with E-state index in [1.165, 1.54) is 14.2 Å². The van der Waals surface area contributed by atoms with Gasteiger partial charge in [0, 0.05) is 17.8 Å². The summed E-state index contributed by atoms with van der Waals surface area (Å²) in [5.74, 6) is -0.918. The van der Waals surface area contributed by atoms with Crippen molar-refractivity contribution >= 4 is 29.2 Å². The molecule has 0 fully saturated rings. The number of anilines is 1. The van der Waals surface area contributed by atoms with E-state index in [1.807, 2.05) is 0 Å². The molecule has 0 radical (unpaired) electrons. The van der Waals surface area contributed by atoms with Crippen molar-refractivity contribution in [1.29, 1.82) is 0 Å². The quantitative estimate of drug-likeness (QED) is 0.830. The summed E-state index contributed by atoms with van der Waals surface area (Å²) in [5, 5.41) is 3.19. The summed E-state index contributed by atoms with van der Waals surface area (Å²) in [6, 6.07) is 6.62. The monoisotopic (exact) mass is 271 g/mol. The van der Waals surface area contributed by atoms with Gasteiger partial charge in [0.05, 0.1) is 13.5 Å². The summed E-state index contributed by atoms with van der Waals surface area (Å²) in [6.07, 6.45) is -1.01. The number of benzene rings is 1. The second-order valence-corrected chi connectivity index (χ2v) is 3.94. The number of carbonyl (C=O) groups is 2. The number of hydrogen-bond donors (Lipinski definition) is 1. The van der Waals surface area contributed by atoms with Gasteiger partial charge in [0.25, 0.3) is 5.91 Å². The van der Waals surface area contributed by atoms with E-state index in [1.54, 1.807) is 24.3 Å². The molecule has 0 heterocycles. The number of ether oxygens (including phenoxy) is 2. The van der Waals surface area contributed by atoms with Crippen LogP contribution in [0.2, 0.25) is 5.02 Å². The third-order valence-electron chi connectivity index (χ3n) is 2.27. The van der Waals surface area contributed by atoms with Crippen LogP contribution >= 0.6 is 11.6 Å². The highest BCUT2D eigenvalue weighted by Gasteiger charge is 2.21. The Morgan fingerprint density at radius 3 is 2.39 bits per heavy atom. The zero-order chi connectivity index (χ0) is 13.5. The molecule has 0 aliphatic rings. The van der Waals surface area contributed by atoms with Gasteiger partial charge in [0.15, 0.2) is 0 Å². The van der Waals surface area contributed by atoms with Crippen LogP contribution in [0.1, 0.15) is 6.42 Å². The highest BCUT2D eigenvalue weighted by Crippen LogP contribution is 2.14. The first kappa shape index (κ1) is 14.5. The molecule has 6 heteroatoms. The van der Waals surface area contributed by atoms with Crippen LogP contribution in [0.25, 0.3) is 0 Å². The molecule has 1 atom stereocenters.